The van der Waals surface area contributed by atoms with Crippen LogP contribution in [0.4, 0.5) is 5.69 Å². The summed E-state index contributed by atoms with van der Waals surface area (Å²) in [5, 5.41) is 14.9. The molecule has 0 aliphatic rings. The van der Waals surface area contributed by atoms with Crippen LogP contribution in [0, 0.1) is 6.92 Å². The van der Waals surface area contributed by atoms with Crippen LogP contribution in [-0.4, -0.2) is 16.0 Å². The molecule has 0 aliphatic heterocycles. The highest BCUT2D eigenvalue weighted by Crippen LogP contribution is 2.18. The summed E-state index contributed by atoms with van der Waals surface area (Å²) in [7, 11) is 0. The Bertz CT molecular complexity index is 580. The number of phenolic OH excluding ortho intramolecular Hbond substituents is 1. The molecule has 1 heterocycles. The summed E-state index contributed by atoms with van der Waals surface area (Å²) in [6, 6.07) is 4.28. The molecule has 5 nitrogen and oxygen atoms in total. The van der Waals surface area contributed by atoms with Crippen LogP contribution in [0.25, 0.3) is 0 Å². The third-order valence-electron chi connectivity index (χ3n) is 2.38. The molecule has 0 fully saturated rings. The van der Waals surface area contributed by atoms with Crippen molar-refractivity contribution < 1.29 is 9.90 Å². The number of anilines is 1. The molecule has 0 bridgehead atoms. The predicted octanol–water partition coefficient (Wildman–Crippen LogP) is 1.67. The molecule has 4 N–H and O–H groups in total. The zero-order valence-electron chi connectivity index (χ0n) is 9.80. The summed E-state index contributed by atoms with van der Waals surface area (Å²) >= 11 is 1.53. The molecular weight excluding hydrogens is 250 g/mol. The zero-order valence-corrected chi connectivity index (χ0v) is 10.6. The second-order valence-electron chi connectivity index (χ2n) is 3.81. The van der Waals surface area contributed by atoms with Crippen molar-refractivity contribution in [1.29, 1.82) is 0 Å². The number of hydrogen-bond donors (Lipinski definition) is 3. The molecule has 2 aromatic rings. The fraction of sp³-hybridized carbons (Fsp3) is 0.167. The molecule has 0 saturated heterocycles. The van der Waals surface area contributed by atoms with Crippen LogP contribution in [0.15, 0.2) is 23.6 Å². The van der Waals surface area contributed by atoms with Gasteiger partial charge in [0.1, 0.15) is 5.75 Å². The summed E-state index contributed by atoms with van der Waals surface area (Å²) in [5.41, 5.74) is 7.09. The minimum absolute atomic E-state index is 0.0128. The largest absolute Gasteiger partial charge is 0.508 e. The van der Waals surface area contributed by atoms with Gasteiger partial charge in [-0.15, -0.1) is 11.3 Å². The third-order valence-corrected chi connectivity index (χ3v) is 3.20. The maximum absolute atomic E-state index is 11.9. The molecule has 1 aromatic carbocycles. The van der Waals surface area contributed by atoms with Crippen LogP contribution in [-0.2, 0) is 6.54 Å². The standard InChI is InChI=1S/C12H13N3O2S/c1-7-15-8(6-18-7)5-14-12(17)10-4-9(16)2-3-11(10)13/h2-4,6,16H,5,13H2,1H3,(H,14,17). The number of aromatic nitrogens is 1. The van der Waals surface area contributed by atoms with Gasteiger partial charge in [0, 0.05) is 11.1 Å². The van der Waals surface area contributed by atoms with Crippen molar-refractivity contribution in [3.8, 4) is 5.75 Å². The Morgan fingerprint density at radius 3 is 3.00 bits per heavy atom. The second-order valence-corrected chi connectivity index (χ2v) is 4.87. The lowest BCUT2D eigenvalue weighted by Gasteiger charge is -2.06. The first kappa shape index (κ1) is 12.4. The molecular formula is C12H13N3O2S. The van der Waals surface area contributed by atoms with Crippen molar-refractivity contribution in [1.82, 2.24) is 10.3 Å². The molecule has 0 aliphatic carbocycles. The zero-order chi connectivity index (χ0) is 13.1. The van der Waals surface area contributed by atoms with E-state index in [1.54, 1.807) is 0 Å². The first-order valence-electron chi connectivity index (χ1n) is 5.34. The number of phenols is 1. The van der Waals surface area contributed by atoms with E-state index in [4.69, 9.17) is 5.73 Å². The minimum Gasteiger partial charge on any atom is -0.508 e. The summed E-state index contributed by atoms with van der Waals surface area (Å²) in [6.07, 6.45) is 0. The Kier molecular flexibility index (Phi) is 3.47. The summed E-state index contributed by atoms with van der Waals surface area (Å²) in [4.78, 5) is 16.1. The number of thiazole rings is 1. The van der Waals surface area contributed by atoms with Gasteiger partial charge in [0.05, 0.1) is 22.8 Å². The van der Waals surface area contributed by atoms with Gasteiger partial charge in [-0.1, -0.05) is 0 Å². The highest BCUT2D eigenvalue weighted by molar-refractivity contribution is 7.09. The molecule has 1 aromatic heterocycles. The Balaban J connectivity index is 2.05. The van der Waals surface area contributed by atoms with Gasteiger partial charge in [0.2, 0.25) is 0 Å². The smallest absolute Gasteiger partial charge is 0.253 e. The van der Waals surface area contributed by atoms with E-state index in [9.17, 15) is 9.90 Å². The lowest BCUT2D eigenvalue weighted by molar-refractivity contribution is 0.0951. The van der Waals surface area contributed by atoms with E-state index < -0.39 is 0 Å². The number of amides is 1. The van der Waals surface area contributed by atoms with Crippen LogP contribution in [0.1, 0.15) is 21.1 Å². The van der Waals surface area contributed by atoms with Gasteiger partial charge in [-0.3, -0.25) is 4.79 Å². The molecule has 0 radical (unpaired) electrons. The van der Waals surface area contributed by atoms with Crippen LogP contribution in [0.2, 0.25) is 0 Å². The van der Waals surface area contributed by atoms with Crippen LogP contribution < -0.4 is 11.1 Å². The number of aromatic hydroxyl groups is 1. The topological polar surface area (TPSA) is 88.2 Å². The molecule has 94 valence electrons. The number of carbonyl (C=O) groups excluding carboxylic acids is 1. The van der Waals surface area contributed by atoms with Crippen LogP contribution in [0.5, 0.6) is 5.75 Å². The molecule has 6 heteroatoms. The summed E-state index contributed by atoms with van der Waals surface area (Å²) in [6.45, 7) is 2.25. The number of hydrogen-bond acceptors (Lipinski definition) is 5. The number of rotatable bonds is 3. The molecule has 0 atom stereocenters. The van der Waals surface area contributed by atoms with Gasteiger partial charge in [0.15, 0.2) is 0 Å². The SMILES string of the molecule is Cc1nc(CNC(=O)c2cc(O)ccc2N)cs1. The van der Waals surface area contributed by atoms with Gasteiger partial charge in [-0.05, 0) is 25.1 Å². The monoisotopic (exact) mass is 263 g/mol. The number of nitrogens with zero attached hydrogens (tertiary/aromatic N) is 1. The second kappa shape index (κ2) is 5.05. The van der Waals surface area contributed by atoms with Gasteiger partial charge in [-0.25, -0.2) is 4.98 Å². The maximum Gasteiger partial charge on any atom is 0.253 e. The normalized spacial score (nSPS) is 10.3. The fourth-order valence-corrected chi connectivity index (χ4v) is 2.11. The first-order chi connectivity index (χ1) is 8.56. The van der Waals surface area contributed by atoms with E-state index in [1.165, 1.54) is 29.5 Å². The van der Waals surface area contributed by atoms with Gasteiger partial charge in [-0.2, -0.15) is 0 Å². The Morgan fingerprint density at radius 1 is 1.56 bits per heavy atom. The van der Waals surface area contributed by atoms with E-state index in [-0.39, 0.29) is 17.2 Å². The van der Waals surface area contributed by atoms with Crippen molar-refractivity contribution >= 4 is 22.9 Å². The van der Waals surface area contributed by atoms with Crippen molar-refractivity contribution in [2.75, 3.05) is 5.73 Å². The molecule has 18 heavy (non-hydrogen) atoms. The third kappa shape index (κ3) is 2.78. The molecule has 0 unspecified atom stereocenters. The van der Waals surface area contributed by atoms with Crippen LogP contribution >= 0.6 is 11.3 Å². The number of aryl methyl sites for hydroxylation is 1. The summed E-state index contributed by atoms with van der Waals surface area (Å²) < 4.78 is 0. The first-order valence-corrected chi connectivity index (χ1v) is 6.22. The van der Waals surface area contributed by atoms with E-state index in [1.807, 2.05) is 12.3 Å². The van der Waals surface area contributed by atoms with Crippen molar-refractivity contribution in [2.24, 2.45) is 0 Å². The quantitative estimate of drug-likeness (QED) is 0.580. The molecule has 0 spiro atoms. The minimum atomic E-state index is -0.325. The number of nitrogens with one attached hydrogen (secondary N) is 1. The van der Waals surface area contributed by atoms with Crippen molar-refractivity contribution in [2.45, 2.75) is 13.5 Å². The fourth-order valence-electron chi connectivity index (χ4n) is 1.50. The average Bonchev–Trinajstić information content (AvgIpc) is 2.75. The highest BCUT2D eigenvalue weighted by atomic mass is 32.1. The van der Waals surface area contributed by atoms with Crippen molar-refractivity contribution in [3.05, 3.63) is 39.8 Å². The lowest BCUT2D eigenvalue weighted by atomic mass is 10.1. The predicted molar refractivity (Wildman–Crippen MR) is 70.5 cm³/mol. The van der Waals surface area contributed by atoms with E-state index >= 15 is 0 Å². The van der Waals surface area contributed by atoms with E-state index in [0.29, 0.717) is 12.2 Å². The molecule has 2 rings (SSSR count). The maximum atomic E-state index is 11.9. The van der Waals surface area contributed by atoms with Gasteiger partial charge >= 0.3 is 0 Å². The van der Waals surface area contributed by atoms with E-state index in [0.717, 1.165) is 10.7 Å². The average molecular weight is 263 g/mol. The van der Waals surface area contributed by atoms with Gasteiger partial charge < -0.3 is 16.2 Å². The highest BCUT2D eigenvalue weighted by Gasteiger charge is 2.10. The Morgan fingerprint density at radius 2 is 2.33 bits per heavy atom. The summed E-state index contributed by atoms with van der Waals surface area (Å²) in [5.74, 6) is -0.312. The van der Waals surface area contributed by atoms with Crippen LogP contribution in [0.3, 0.4) is 0 Å². The number of benzene rings is 1. The lowest BCUT2D eigenvalue weighted by Crippen LogP contribution is -2.23. The van der Waals surface area contributed by atoms with E-state index in [2.05, 4.69) is 10.3 Å². The Labute approximate surface area is 108 Å². The number of carbonyl (C=O) groups is 1. The molecule has 1 amide bonds. The molecule has 0 saturated carbocycles. The Hall–Kier alpha value is -2.08. The number of nitrogen functional groups attached to an aromatic ring is 1. The number of nitrogens with two attached hydrogens (primary N) is 1. The van der Waals surface area contributed by atoms with Crippen molar-refractivity contribution in [3.63, 3.8) is 0 Å². The van der Waals surface area contributed by atoms with Gasteiger partial charge in [0.25, 0.3) is 5.91 Å².